The lowest BCUT2D eigenvalue weighted by Crippen LogP contribution is -2.45. The molecule has 4 N–H and O–H groups in total. The molecule has 0 aliphatic rings. The molecule has 0 aliphatic carbocycles. The van der Waals surface area contributed by atoms with Crippen molar-refractivity contribution in [1.29, 1.82) is 0 Å². The second-order valence-corrected chi connectivity index (χ2v) is 8.40. The molecule has 0 saturated carbocycles. The maximum absolute atomic E-state index is 13.0. The fourth-order valence-corrected chi connectivity index (χ4v) is 4.65. The number of carboxylic acids is 1. The van der Waals surface area contributed by atoms with Gasteiger partial charge in [-0.3, -0.25) is 4.57 Å². The van der Waals surface area contributed by atoms with Crippen molar-refractivity contribution in [1.82, 2.24) is 0 Å². The number of fused-ring (bicyclic) bond motifs is 1. The summed E-state index contributed by atoms with van der Waals surface area (Å²) in [6, 6.07) is 20.7. The summed E-state index contributed by atoms with van der Waals surface area (Å²) in [5, 5.41) is 8.99. The van der Waals surface area contributed by atoms with Gasteiger partial charge in [-0.15, -0.1) is 0 Å². The number of carboxylic acid groups (broad SMARTS) is 1. The van der Waals surface area contributed by atoms with Crippen LogP contribution in [0.15, 0.2) is 72.8 Å². The Kier molecular flexibility index (Phi) is 4.48. The average molecular weight is 355 g/mol. The van der Waals surface area contributed by atoms with Crippen molar-refractivity contribution < 1.29 is 19.4 Å². The largest absolute Gasteiger partial charge is 0.479 e. The molecule has 0 spiro atoms. The van der Waals surface area contributed by atoms with Gasteiger partial charge in [-0.1, -0.05) is 66.7 Å². The Morgan fingerprint density at radius 3 is 2.20 bits per heavy atom. The fraction of sp³-hybridized carbons (Fsp3) is 0.105. The average Bonchev–Trinajstić information content (AvgIpc) is 2.60. The summed E-state index contributed by atoms with van der Waals surface area (Å²) >= 11 is 0. The minimum absolute atomic E-state index is 0.112. The predicted molar refractivity (Wildman–Crippen MR) is 97.4 cm³/mol. The molecular weight excluding hydrogens is 337 g/mol. The van der Waals surface area contributed by atoms with Crippen molar-refractivity contribution >= 4 is 24.1 Å². The molecule has 2 atom stereocenters. The van der Waals surface area contributed by atoms with E-state index in [9.17, 15) is 19.4 Å². The van der Waals surface area contributed by atoms with Crippen molar-refractivity contribution in [2.24, 2.45) is 5.73 Å². The lowest BCUT2D eigenvalue weighted by Gasteiger charge is -2.30. The second-order valence-electron chi connectivity index (χ2n) is 5.98. The number of benzene rings is 3. The summed E-state index contributed by atoms with van der Waals surface area (Å²) in [6.45, 7) is 0. The number of hydrogen-bond acceptors (Lipinski definition) is 3. The van der Waals surface area contributed by atoms with Crippen LogP contribution in [0.5, 0.6) is 0 Å². The highest BCUT2D eigenvalue weighted by molar-refractivity contribution is 7.59. The monoisotopic (exact) mass is 355 g/mol. The maximum Gasteiger partial charge on any atom is 0.338 e. The Labute approximate surface area is 145 Å². The predicted octanol–water partition coefficient (Wildman–Crippen LogP) is 3.51. The summed E-state index contributed by atoms with van der Waals surface area (Å²) in [7, 11) is -4.31. The minimum atomic E-state index is -4.31. The van der Waals surface area contributed by atoms with Gasteiger partial charge in [-0.25, -0.2) is 4.79 Å². The van der Waals surface area contributed by atoms with E-state index in [-0.39, 0.29) is 11.7 Å². The highest BCUT2D eigenvalue weighted by Crippen LogP contribution is 2.59. The lowest BCUT2D eigenvalue weighted by atomic mass is 10.0. The normalized spacial score (nSPS) is 16.1. The van der Waals surface area contributed by atoms with Crippen LogP contribution >= 0.6 is 7.37 Å². The Bertz CT molecular complexity index is 973. The number of carbonyl (C=O) groups is 1. The molecule has 0 aliphatic heterocycles. The van der Waals surface area contributed by atoms with E-state index in [1.807, 2.05) is 18.2 Å². The number of nitrogens with two attached hydrogens (primary N) is 1. The smallest absolute Gasteiger partial charge is 0.338 e. The lowest BCUT2D eigenvalue weighted by molar-refractivity contribution is -0.140. The molecular formula is C19H18NO4P. The van der Waals surface area contributed by atoms with Crippen LogP contribution in [-0.4, -0.2) is 16.0 Å². The van der Waals surface area contributed by atoms with Crippen LogP contribution < -0.4 is 5.73 Å². The molecule has 3 rings (SSSR count). The van der Waals surface area contributed by atoms with Crippen LogP contribution in [0.25, 0.3) is 10.8 Å². The maximum atomic E-state index is 13.0. The van der Waals surface area contributed by atoms with Gasteiger partial charge >= 0.3 is 5.97 Å². The van der Waals surface area contributed by atoms with E-state index in [4.69, 9.17) is 5.73 Å². The van der Waals surface area contributed by atoms with Gasteiger partial charge in [0, 0.05) is 0 Å². The second kappa shape index (κ2) is 6.45. The zero-order valence-electron chi connectivity index (χ0n) is 13.4. The molecule has 2 unspecified atom stereocenters. The van der Waals surface area contributed by atoms with Crippen LogP contribution in [0.4, 0.5) is 0 Å². The van der Waals surface area contributed by atoms with Gasteiger partial charge in [0.05, 0.1) is 6.16 Å². The molecule has 0 saturated heterocycles. The molecule has 5 nitrogen and oxygen atoms in total. The van der Waals surface area contributed by atoms with Gasteiger partial charge < -0.3 is 15.7 Å². The molecule has 0 bridgehead atoms. The molecule has 3 aromatic rings. The Morgan fingerprint density at radius 1 is 0.960 bits per heavy atom. The topological polar surface area (TPSA) is 101 Å². The van der Waals surface area contributed by atoms with E-state index < -0.39 is 18.6 Å². The van der Waals surface area contributed by atoms with E-state index in [1.165, 1.54) is 6.07 Å². The first-order valence-electron chi connectivity index (χ1n) is 7.72. The van der Waals surface area contributed by atoms with Crippen molar-refractivity contribution in [2.75, 3.05) is 0 Å². The summed E-state index contributed by atoms with van der Waals surface area (Å²) < 4.78 is 13.0. The zero-order chi connectivity index (χ0) is 18.1. The van der Waals surface area contributed by atoms with Crippen LogP contribution in [0.3, 0.4) is 0 Å². The zero-order valence-corrected chi connectivity index (χ0v) is 14.3. The van der Waals surface area contributed by atoms with Gasteiger partial charge in [0.15, 0.2) is 0 Å². The third-order valence-electron chi connectivity index (χ3n) is 4.31. The van der Waals surface area contributed by atoms with E-state index >= 15 is 0 Å². The Morgan fingerprint density at radius 2 is 1.56 bits per heavy atom. The number of hydrogen-bond donors (Lipinski definition) is 3. The van der Waals surface area contributed by atoms with Crippen molar-refractivity contribution in [2.45, 2.75) is 11.4 Å². The van der Waals surface area contributed by atoms with Gasteiger partial charge in [-0.05, 0) is 28.0 Å². The van der Waals surface area contributed by atoms with Crippen LogP contribution in [0, 0.1) is 0 Å². The molecule has 0 heterocycles. The third-order valence-corrected chi connectivity index (χ3v) is 6.65. The number of aliphatic carboxylic acids is 1. The Balaban J connectivity index is 2.11. The van der Waals surface area contributed by atoms with Gasteiger partial charge in [0.2, 0.25) is 12.6 Å². The van der Waals surface area contributed by atoms with Crippen molar-refractivity contribution in [3.8, 4) is 0 Å². The quantitative estimate of drug-likeness (QED) is 0.608. The SMILES string of the molecule is NC(C(=O)O)(c1ccc2ccccc2c1)P(=O)(O)Cc1ccccc1. The van der Waals surface area contributed by atoms with Crippen molar-refractivity contribution in [3.05, 3.63) is 83.9 Å². The number of rotatable bonds is 5. The van der Waals surface area contributed by atoms with Gasteiger partial charge in [0.1, 0.15) is 0 Å². The van der Waals surface area contributed by atoms with E-state index in [2.05, 4.69) is 0 Å². The van der Waals surface area contributed by atoms with Crippen LogP contribution in [-0.2, 0) is 20.8 Å². The molecule has 0 aromatic heterocycles. The molecule has 3 aromatic carbocycles. The fourth-order valence-electron chi connectivity index (χ4n) is 2.86. The molecule has 0 fully saturated rings. The Hall–Kier alpha value is -2.46. The van der Waals surface area contributed by atoms with Crippen LogP contribution in [0.1, 0.15) is 11.1 Å². The summed E-state index contributed by atoms with van der Waals surface area (Å²) in [5.41, 5.74) is 6.74. The molecule has 128 valence electrons. The standard InChI is InChI=1S/C19H18NO4P/c20-19(18(21)22,25(23,24)13-14-6-2-1-3-7-14)17-11-10-15-8-4-5-9-16(15)12-17/h1-12H,13,20H2,(H,21,22)(H,23,24). The summed E-state index contributed by atoms with van der Waals surface area (Å²) in [5.74, 6) is -1.52. The molecule has 0 amide bonds. The molecule has 25 heavy (non-hydrogen) atoms. The molecule has 0 radical (unpaired) electrons. The summed E-state index contributed by atoms with van der Waals surface area (Å²) in [4.78, 5) is 22.6. The van der Waals surface area contributed by atoms with E-state index in [0.29, 0.717) is 5.56 Å². The minimum Gasteiger partial charge on any atom is -0.479 e. The highest BCUT2D eigenvalue weighted by Gasteiger charge is 2.52. The van der Waals surface area contributed by atoms with Gasteiger partial charge in [-0.2, -0.15) is 0 Å². The van der Waals surface area contributed by atoms with Crippen LogP contribution in [0.2, 0.25) is 0 Å². The first-order valence-corrected chi connectivity index (χ1v) is 9.56. The highest BCUT2D eigenvalue weighted by atomic mass is 31.2. The molecule has 6 heteroatoms. The van der Waals surface area contributed by atoms with E-state index in [1.54, 1.807) is 48.5 Å². The summed E-state index contributed by atoms with van der Waals surface area (Å²) in [6.07, 6.45) is -0.316. The first kappa shape index (κ1) is 17.4. The third kappa shape index (κ3) is 3.10. The first-order chi connectivity index (χ1) is 11.8. The van der Waals surface area contributed by atoms with Gasteiger partial charge in [0.25, 0.3) is 0 Å². The van der Waals surface area contributed by atoms with E-state index in [0.717, 1.165) is 10.8 Å². The van der Waals surface area contributed by atoms with Crippen molar-refractivity contribution in [3.63, 3.8) is 0 Å².